The molecule has 21 heavy (non-hydrogen) atoms. The predicted octanol–water partition coefficient (Wildman–Crippen LogP) is 2.95. The fraction of sp³-hybridized carbons (Fsp3) is 0.875. The van der Waals surface area contributed by atoms with Crippen molar-refractivity contribution in [3.63, 3.8) is 0 Å². The van der Waals surface area contributed by atoms with Gasteiger partial charge in [0.05, 0.1) is 11.0 Å². The smallest absolute Gasteiger partial charge is 0.317 e. The van der Waals surface area contributed by atoms with Gasteiger partial charge in [0.25, 0.3) is 0 Å². The van der Waals surface area contributed by atoms with Gasteiger partial charge in [0.2, 0.25) is 0 Å². The Morgan fingerprint density at radius 3 is 2.00 bits per heavy atom. The second kappa shape index (κ2) is 6.24. The molecule has 0 aromatic rings. The van der Waals surface area contributed by atoms with Crippen LogP contribution in [0.15, 0.2) is 0 Å². The van der Waals surface area contributed by atoms with E-state index in [1.807, 2.05) is 0 Å². The highest BCUT2D eigenvalue weighted by Crippen LogP contribution is 2.31. The average Bonchev–Trinajstić information content (AvgIpc) is 2.37. The molecule has 0 spiro atoms. The Bertz CT molecular complexity index is 394. The lowest BCUT2D eigenvalue weighted by molar-refractivity contribution is -0.150. The van der Waals surface area contributed by atoms with Gasteiger partial charge in [-0.05, 0) is 52.4 Å². The van der Waals surface area contributed by atoms with E-state index >= 15 is 0 Å². The lowest BCUT2D eigenvalue weighted by Gasteiger charge is -2.41. The van der Waals surface area contributed by atoms with Gasteiger partial charge in [0, 0.05) is 13.1 Å². The molecule has 0 aromatic carbocycles. The van der Waals surface area contributed by atoms with E-state index in [1.165, 1.54) is 0 Å². The molecule has 1 saturated heterocycles. The first kappa shape index (κ1) is 17.8. The maximum Gasteiger partial charge on any atom is 0.317 e. The van der Waals surface area contributed by atoms with Crippen LogP contribution in [0.3, 0.4) is 0 Å². The van der Waals surface area contributed by atoms with E-state index in [0.717, 1.165) is 25.9 Å². The molecular formula is C16H30N2O3. The molecule has 5 heteroatoms. The number of aliphatic carboxylic acids is 1. The highest BCUT2D eigenvalue weighted by atomic mass is 16.4. The minimum absolute atomic E-state index is 0.156. The zero-order chi connectivity index (χ0) is 16.4. The highest BCUT2D eigenvalue weighted by molar-refractivity contribution is 5.79. The first-order chi connectivity index (χ1) is 9.49. The van der Waals surface area contributed by atoms with Crippen molar-refractivity contribution in [1.82, 2.24) is 10.2 Å². The molecule has 1 heterocycles. The van der Waals surface area contributed by atoms with Crippen LogP contribution in [0, 0.1) is 17.3 Å². The van der Waals surface area contributed by atoms with Gasteiger partial charge in [-0.15, -0.1) is 0 Å². The molecule has 2 N–H and O–H groups in total. The van der Waals surface area contributed by atoms with Gasteiger partial charge >= 0.3 is 12.0 Å². The van der Waals surface area contributed by atoms with Gasteiger partial charge in [-0.3, -0.25) is 4.79 Å². The van der Waals surface area contributed by atoms with Crippen molar-refractivity contribution in [2.24, 2.45) is 17.3 Å². The maximum atomic E-state index is 12.4. The summed E-state index contributed by atoms with van der Waals surface area (Å²) < 4.78 is 0. The molecular weight excluding hydrogens is 268 g/mol. The van der Waals surface area contributed by atoms with E-state index in [2.05, 4.69) is 19.2 Å². The summed E-state index contributed by atoms with van der Waals surface area (Å²) in [6.07, 6.45) is 2.04. The molecule has 1 fully saturated rings. The summed E-state index contributed by atoms with van der Waals surface area (Å²) in [5.41, 5.74) is -1.84. The second-order valence-electron chi connectivity index (χ2n) is 7.55. The normalized spacial score (nSPS) is 18.0. The van der Waals surface area contributed by atoms with Gasteiger partial charge in [0.1, 0.15) is 0 Å². The number of nitrogens with one attached hydrogen (secondary N) is 1. The van der Waals surface area contributed by atoms with Crippen molar-refractivity contribution < 1.29 is 14.7 Å². The van der Waals surface area contributed by atoms with E-state index in [-0.39, 0.29) is 6.03 Å². The SMILES string of the molecule is CC(C)C1CCN(C(=O)NC(C)(C)C(C)(C)C(=O)O)CC1. The number of carbonyl (C=O) groups excluding carboxylic acids is 1. The number of likely N-dealkylation sites (tertiary alicyclic amines) is 1. The number of nitrogens with zero attached hydrogens (tertiary/aromatic N) is 1. The fourth-order valence-electron chi connectivity index (χ4n) is 2.54. The predicted molar refractivity (Wildman–Crippen MR) is 83.2 cm³/mol. The van der Waals surface area contributed by atoms with Crippen LogP contribution in [0.4, 0.5) is 4.79 Å². The fourth-order valence-corrected chi connectivity index (χ4v) is 2.54. The summed E-state index contributed by atoms with van der Waals surface area (Å²) in [6, 6.07) is -0.156. The molecule has 0 aliphatic carbocycles. The monoisotopic (exact) mass is 298 g/mol. The van der Waals surface area contributed by atoms with E-state index in [4.69, 9.17) is 0 Å². The summed E-state index contributed by atoms with van der Waals surface area (Å²) >= 11 is 0. The number of hydrogen-bond donors (Lipinski definition) is 2. The van der Waals surface area contributed by atoms with E-state index < -0.39 is 16.9 Å². The van der Waals surface area contributed by atoms with E-state index in [1.54, 1.807) is 32.6 Å². The number of carboxylic acid groups (broad SMARTS) is 1. The number of rotatable bonds is 4. The summed E-state index contributed by atoms with van der Waals surface area (Å²) in [4.78, 5) is 25.6. The minimum atomic E-state index is -1.03. The van der Waals surface area contributed by atoms with Crippen molar-refractivity contribution in [3.05, 3.63) is 0 Å². The minimum Gasteiger partial charge on any atom is -0.481 e. The Balaban J connectivity index is 2.64. The van der Waals surface area contributed by atoms with Crippen molar-refractivity contribution in [2.75, 3.05) is 13.1 Å². The third-order valence-electron chi connectivity index (χ3n) is 5.29. The van der Waals surface area contributed by atoms with Crippen molar-refractivity contribution in [2.45, 2.75) is 59.9 Å². The van der Waals surface area contributed by atoms with Crippen LogP contribution < -0.4 is 5.32 Å². The summed E-state index contributed by atoms with van der Waals surface area (Å²) in [6.45, 7) is 12.7. The molecule has 1 rings (SSSR count). The van der Waals surface area contributed by atoms with Crippen LogP contribution in [0.1, 0.15) is 54.4 Å². The van der Waals surface area contributed by atoms with Crippen LogP contribution in [0.5, 0.6) is 0 Å². The number of carboxylic acids is 1. The zero-order valence-electron chi connectivity index (χ0n) is 14.2. The molecule has 0 bridgehead atoms. The highest BCUT2D eigenvalue weighted by Gasteiger charge is 2.45. The van der Waals surface area contributed by atoms with Gasteiger partial charge < -0.3 is 15.3 Å². The van der Waals surface area contributed by atoms with Gasteiger partial charge in [0.15, 0.2) is 0 Å². The average molecular weight is 298 g/mol. The Kier molecular flexibility index (Phi) is 5.29. The lowest BCUT2D eigenvalue weighted by atomic mass is 9.74. The van der Waals surface area contributed by atoms with Crippen molar-refractivity contribution >= 4 is 12.0 Å². The second-order valence-corrected chi connectivity index (χ2v) is 7.55. The standard InChI is InChI=1S/C16H30N2O3/c1-11(2)12-7-9-18(10-8-12)14(21)17-16(5,6)15(3,4)13(19)20/h11-12H,7-10H2,1-6H3,(H,17,21)(H,19,20). The molecule has 0 unspecified atom stereocenters. The summed E-state index contributed by atoms with van der Waals surface area (Å²) in [5.74, 6) is 0.418. The molecule has 122 valence electrons. The first-order valence-corrected chi connectivity index (χ1v) is 7.79. The molecule has 1 aliphatic rings. The number of amides is 2. The largest absolute Gasteiger partial charge is 0.481 e. The van der Waals surface area contributed by atoms with Crippen LogP contribution in [-0.4, -0.2) is 40.6 Å². The van der Waals surface area contributed by atoms with Crippen molar-refractivity contribution in [3.8, 4) is 0 Å². The van der Waals surface area contributed by atoms with Crippen LogP contribution in [0.2, 0.25) is 0 Å². The van der Waals surface area contributed by atoms with Gasteiger partial charge in [-0.1, -0.05) is 13.8 Å². The topological polar surface area (TPSA) is 69.6 Å². The molecule has 0 saturated carbocycles. The molecule has 5 nitrogen and oxygen atoms in total. The number of hydrogen-bond acceptors (Lipinski definition) is 2. The quantitative estimate of drug-likeness (QED) is 0.838. The number of urea groups is 1. The summed E-state index contributed by atoms with van der Waals surface area (Å²) in [5, 5.41) is 12.2. The lowest BCUT2D eigenvalue weighted by Crippen LogP contribution is -2.60. The molecule has 0 radical (unpaired) electrons. The molecule has 0 aromatic heterocycles. The number of piperidine rings is 1. The molecule has 2 amide bonds. The Morgan fingerprint density at radius 2 is 1.62 bits per heavy atom. The van der Waals surface area contributed by atoms with E-state index in [0.29, 0.717) is 11.8 Å². The zero-order valence-corrected chi connectivity index (χ0v) is 14.2. The third kappa shape index (κ3) is 3.89. The third-order valence-corrected chi connectivity index (χ3v) is 5.29. The Labute approximate surface area is 128 Å². The van der Waals surface area contributed by atoms with E-state index in [9.17, 15) is 14.7 Å². The van der Waals surface area contributed by atoms with Crippen LogP contribution in [0.25, 0.3) is 0 Å². The van der Waals surface area contributed by atoms with Gasteiger partial charge in [-0.2, -0.15) is 0 Å². The first-order valence-electron chi connectivity index (χ1n) is 7.79. The summed E-state index contributed by atoms with van der Waals surface area (Å²) in [7, 11) is 0. The molecule has 1 aliphatic heterocycles. The number of carbonyl (C=O) groups is 2. The van der Waals surface area contributed by atoms with Crippen LogP contribution in [-0.2, 0) is 4.79 Å². The maximum absolute atomic E-state index is 12.4. The van der Waals surface area contributed by atoms with Gasteiger partial charge in [-0.25, -0.2) is 4.79 Å². The molecule has 0 atom stereocenters. The Morgan fingerprint density at radius 1 is 1.14 bits per heavy atom. The Hall–Kier alpha value is -1.26. The van der Waals surface area contributed by atoms with Crippen molar-refractivity contribution in [1.29, 1.82) is 0 Å². The van der Waals surface area contributed by atoms with Crippen LogP contribution >= 0.6 is 0 Å².